The minimum atomic E-state index is -0.357. The van der Waals surface area contributed by atoms with Crippen LogP contribution in [0.5, 0.6) is 0 Å². The summed E-state index contributed by atoms with van der Waals surface area (Å²) in [7, 11) is 0. The first-order valence-electron chi connectivity index (χ1n) is 11.4. The van der Waals surface area contributed by atoms with E-state index in [-0.39, 0.29) is 22.4 Å². The van der Waals surface area contributed by atoms with Crippen molar-refractivity contribution in [1.82, 2.24) is 15.2 Å². The van der Waals surface area contributed by atoms with Crippen molar-refractivity contribution in [1.29, 1.82) is 0 Å². The average Bonchev–Trinajstić information content (AvgIpc) is 3.22. The van der Waals surface area contributed by atoms with E-state index in [1.54, 1.807) is 12.1 Å². The molecular formula is C23H32N4O4. The van der Waals surface area contributed by atoms with Crippen LogP contribution in [0.3, 0.4) is 0 Å². The molecule has 1 aromatic carbocycles. The molecule has 2 aliphatic rings. The van der Waals surface area contributed by atoms with Crippen molar-refractivity contribution < 1.29 is 14.5 Å². The normalized spacial score (nSPS) is 19.4. The number of fused-ring (bicyclic) bond motifs is 1. The van der Waals surface area contributed by atoms with Crippen LogP contribution in [-0.2, 0) is 9.53 Å². The molecule has 31 heavy (non-hydrogen) atoms. The Kier molecular flexibility index (Phi) is 7.19. The summed E-state index contributed by atoms with van der Waals surface area (Å²) in [5, 5.41) is 15.3. The minimum absolute atomic E-state index is 0.0589. The van der Waals surface area contributed by atoms with Gasteiger partial charge in [0, 0.05) is 61.8 Å². The number of carbonyl (C=O) groups excluding carboxylic acids is 1. The first-order chi connectivity index (χ1) is 15.1. The van der Waals surface area contributed by atoms with Crippen LogP contribution in [-0.4, -0.2) is 60.1 Å². The molecule has 4 rings (SSSR count). The van der Waals surface area contributed by atoms with E-state index in [1.807, 2.05) is 6.20 Å². The van der Waals surface area contributed by atoms with Gasteiger partial charge in [-0.1, -0.05) is 19.3 Å². The second-order valence-corrected chi connectivity index (χ2v) is 8.74. The molecule has 1 aliphatic carbocycles. The van der Waals surface area contributed by atoms with E-state index in [0.717, 1.165) is 62.2 Å². The first kappa shape index (κ1) is 21.8. The molecule has 8 heteroatoms. The zero-order chi connectivity index (χ0) is 21.6. The molecular weight excluding hydrogens is 396 g/mol. The summed E-state index contributed by atoms with van der Waals surface area (Å²) in [6.07, 6.45) is 8.19. The maximum atomic E-state index is 12.9. The van der Waals surface area contributed by atoms with Gasteiger partial charge in [-0.05, 0) is 36.3 Å². The zero-order valence-corrected chi connectivity index (χ0v) is 18.0. The standard InChI is InChI=1S/C23H32N4O4/c28-23(24-8-9-26-10-12-31-13-11-26)15-19(17-4-2-1-3-5-17)21-16-25-22-7-6-18(27(29)30)14-20(21)22/h6-7,14,16-17,19,25H,1-5,8-13,15H2,(H,24,28). The van der Waals surface area contributed by atoms with Crippen molar-refractivity contribution in [3.05, 3.63) is 40.1 Å². The maximum Gasteiger partial charge on any atom is 0.270 e. The predicted octanol–water partition coefficient (Wildman–Crippen LogP) is 3.58. The van der Waals surface area contributed by atoms with Crippen molar-refractivity contribution in [2.24, 2.45) is 5.92 Å². The van der Waals surface area contributed by atoms with Gasteiger partial charge in [-0.15, -0.1) is 0 Å². The number of hydrogen-bond acceptors (Lipinski definition) is 5. The van der Waals surface area contributed by atoms with Crippen molar-refractivity contribution in [2.45, 2.75) is 44.4 Å². The smallest absolute Gasteiger partial charge is 0.270 e. The third-order valence-corrected chi connectivity index (χ3v) is 6.79. The Morgan fingerprint density at radius 2 is 2.03 bits per heavy atom. The van der Waals surface area contributed by atoms with Crippen LogP contribution in [0.15, 0.2) is 24.4 Å². The molecule has 1 atom stereocenters. The highest BCUT2D eigenvalue weighted by molar-refractivity contribution is 5.87. The minimum Gasteiger partial charge on any atom is -0.379 e. The summed E-state index contributed by atoms with van der Waals surface area (Å²) >= 11 is 0. The van der Waals surface area contributed by atoms with Crippen LogP contribution in [0.1, 0.15) is 50.0 Å². The van der Waals surface area contributed by atoms with Gasteiger partial charge in [0.15, 0.2) is 0 Å². The molecule has 1 saturated heterocycles. The SMILES string of the molecule is O=C(CC(c1c[nH]c2ccc([N+](=O)[O-])cc12)C1CCCCC1)NCCN1CCOCC1. The number of amides is 1. The Morgan fingerprint density at radius 1 is 1.26 bits per heavy atom. The van der Waals surface area contributed by atoms with E-state index in [1.165, 1.54) is 25.3 Å². The van der Waals surface area contributed by atoms with Crippen molar-refractivity contribution >= 4 is 22.5 Å². The number of aromatic nitrogens is 1. The van der Waals surface area contributed by atoms with E-state index in [9.17, 15) is 14.9 Å². The summed E-state index contributed by atoms with van der Waals surface area (Å²) in [5.74, 6) is 0.556. The van der Waals surface area contributed by atoms with Crippen LogP contribution in [0, 0.1) is 16.0 Å². The van der Waals surface area contributed by atoms with E-state index < -0.39 is 0 Å². The number of morpholine rings is 1. The monoisotopic (exact) mass is 428 g/mol. The van der Waals surface area contributed by atoms with Crippen LogP contribution in [0.2, 0.25) is 0 Å². The first-order valence-corrected chi connectivity index (χ1v) is 11.4. The number of nitrogens with one attached hydrogen (secondary N) is 2. The van der Waals surface area contributed by atoms with E-state index in [2.05, 4.69) is 15.2 Å². The van der Waals surface area contributed by atoms with Gasteiger partial charge >= 0.3 is 0 Å². The molecule has 0 bridgehead atoms. The second-order valence-electron chi connectivity index (χ2n) is 8.74. The molecule has 2 heterocycles. The van der Waals surface area contributed by atoms with Crippen molar-refractivity contribution in [3.8, 4) is 0 Å². The quantitative estimate of drug-likeness (QED) is 0.494. The lowest BCUT2D eigenvalue weighted by molar-refractivity contribution is -0.384. The summed E-state index contributed by atoms with van der Waals surface area (Å²) < 4.78 is 5.37. The van der Waals surface area contributed by atoms with E-state index in [0.29, 0.717) is 18.9 Å². The number of benzene rings is 1. The maximum absolute atomic E-state index is 12.9. The number of nitro benzene ring substituents is 1. The molecule has 1 aromatic heterocycles. The number of nitrogens with zero attached hydrogens (tertiary/aromatic N) is 2. The van der Waals surface area contributed by atoms with Crippen molar-refractivity contribution in [2.75, 3.05) is 39.4 Å². The summed E-state index contributed by atoms with van der Waals surface area (Å²) in [6, 6.07) is 4.93. The largest absolute Gasteiger partial charge is 0.379 e. The lowest BCUT2D eigenvalue weighted by Gasteiger charge is -2.30. The number of aromatic amines is 1. The van der Waals surface area contributed by atoms with Crippen LogP contribution >= 0.6 is 0 Å². The molecule has 1 unspecified atom stereocenters. The number of H-pyrrole nitrogens is 1. The van der Waals surface area contributed by atoms with Gasteiger partial charge in [-0.3, -0.25) is 19.8 Å². The molecule has 1 amide bonds. The topological polar surface area (TPSA) is 100 Å². The fourth-order valence-electron chi connectivity index (χ4n) is 5.07. The molecule has 8 nitrogen and oxygen atoms in total. The Morgan fingerprint density at radius 3 is 2.77 bits per heavy atom. The summed E-state index contributed by atoms with van der Waals surface area (Å²) in [6.45, 7) is 4.80. The molecule has 1 saturated carbocycles. The Bertz CT molecular complexity index is 900. The summed E-state index contributed by atoms with van der Waals surface area (Å²) in [5.41, 5.74) is 2.01. The third-order valence-electron chi connectivity index (χ3n) is 6.79. The van der Waals surface area contributed by atoms with Crippen LogP contribution < -0.4 is 5.32 Å². The molecule has 0 spiro atoms. The number of carbonyl (C=O) groups is 1. The number of rotatable bonds is 8. The van der Waals surface area contributed by atoms with E-state index in [4.69, 9.17) is 4.74 Å². The average molecular weight is 429 g/mol. The Labute approximate surface area is 182 Å². The fourth-order valence-corrected chi connectivity index (χ4v) is 5.07. The van der Waals surface area contributed by atoms with Gasteiger partial charge in [-0.2, -0.15) is 0 Å². The predicted molar refractivity (Wildman–Crippen MR) is 119 cm³/mol. The van der Waals surface area contributed by atoms with Gasteiger partial charge in [0.05, 0.1) is 18.1 Å². The number of ether oxygens (including phenoxy) is 1. The second kappa shape index (κ2) is 10.2. The van der Waals surface area contributed by atoms with Gasteiger partial charge < -0.3 is 15.0 Å². The number of hydrogen-bond donors (Lipinski definition) is 2. The lowest BCUT2D eigenvalue weighted by Crippen LogP contribution is -2.41. The molecule has 2 N–H and O–H groups in total. The molecule has 2 aromatic rings. The van der Waals surface area contributed by atoms with Gasteiger partial charge in [0.2, 0.25) is 5.91 Å². The highest BCUT2D eigenvalue weighted by Gasteiger charge is 2.29. The van der Waals surface area contributed by atoms with Gasteiger partial charge in [0.25, 0.3) is 5.69 Å². The molecule has 1 aliphatic heterocycles. The highest BCUT2D eigenvalue weighted by atomic mass is 16.6. The highest BCUT2D eigenvalue weighted by Crippen LogP contribution is 2.41. The van der Waals surface area contributed by atoms with Crippen LogP contribution in [0.25, 0.3) is 10.9 Å². The van der Waals surface area contributed by atoms with Crippen LogP contribution in [0.4, 0.5) is 5.69 Å². The fraction of sp³-hybridized carbons (Fsp3) is 0.609. The molecule has 0 radical (unpaired) electrons. The summed E-state index contributed by atoms with van der Waals surface area (Å²) in [4.78, 5) is 29.4. The number of nitro groups is 1. The van der Waals surface area contributed by atoms with Gasteiger partial charge in [0.1, 0.15) is 0 Å². The Hall–Kier alpha value is -2.45. The zero-order valence-electron chi connectivity index (χ0n) is 18.0. The molecule has 168 valence electrons. The van der Waals surface area contributed by atoms with E-state index >= 15 is 0 Å². The molecule has 2 fully saturated rings. The Balaban J connectivity index is 1.48. The van der Waals surface area contributed by atoms with Gasteiger partial charge in [-0.25, -0.2) is 0 Å². The third kappa shape index (κ3) is 5.43. The number of non-ortho nitro benzene ring substituents is 1. The van der Waals surface area contributed by atoms with Crippen molar-refractivity contribution in [3.63, 3.8) is 0 Å². The lowest BCUT2D eigenvalue weighted by atomic mass is 9.75.